The van der Waals surface area contributed by atoms with Crippen LogP contribution in [0.25, 0.3) is 10.9 Å². The van der Waals surface area contributed by atoms with E-state index in [9.17, 15) is 4.79 Å². The summed E-state index contributed by atoms with van der Waals surface area (Å²) in [6.45, 7) is 4.97. The van der Waals surface area contributed by atoms with Crippen LogP contribution in [-0.4, -0.2) is 66.9 Å². The monoisotopic (exact) mass is 343 g/mol. The second-order valence-corrected chi connectivity index (χ2v) is 6.53. The van der Waals surface area contributed by atoms with Gasteiger partial charge in [-0.2, -0.15) is 0 Å². The van der Waals surface area contributed by atoms with Crippen LogP contribution in [0.4, 0.5) is 5.69 Å². The molecule has 1 unspecified atom stereocenters. The number of aliphatic carboxylic acids is 1. The van der Waals surface area contributed by atoms with Crippen LogP contribution in [0.5, 0.6) is 0 Å². The molecule has 0 saturated carbocycles. The summed E-state index contributed by atoms with van der Waals surface area (Å²) in [5.41, 5.74) is 3.29. The highest BCUT2D eigenvalue weighted by Crippen LogP contribution is 2.28. The van der Waals surface area contributed by atoms with E-state index in [1.54, 1.807) is 4.90 Å². The summed E-state index contributed by atoms with van der Waals surface area (Å²) in [7, 11) is 1.81. The predicted octanol–water partition coefficient (Wildman–Crippen LogP) is 2.02. The first kappa shape index (κ1) is 17.6. The number of pyridine rings is 1. The van der Waals surface area contributed by atoms with Crippen LogP contribution in [0, 0.1) is 0 Å². The molecule has 134 valence electrons. The van der Waals surface area contributed by atoms with Gasteiger partial charge in [-0.15, -0.1) is 0 Å². The Bertz CT molecular complexity index is 750. The second kappa shape index (κ2) is 7.80. The van der Waals surface area contributed by atoms with Crippen molar-refractivity contribution in [2.75, 3.05) is 44.7 Å². The third kappa shape index (κ3) is 4.27. The van der Waals surface area contributed by atoms with E-state index in [1.165, 1.54) is 5.69 Å². The van der Waals surface area contributed by atoms with Crippen molar-refractivity contribution in [3.05, 3.63) is 36.0 Å². The minimum absolute atomic E-state index is 0.00453. The van der Waals surface area contributed by atoms with E-state index in [0.717, 1.165) is 36.1 Å². The van der Waals surface area contributed by atoms with Gasteiger partial charge in [0.25, 0.3) is 0 Å². The summed E-state index contributed by atoms with van der Waals surface area (Å²) >= 11 is 0. The van der Waals surface area contributed by atoms with Gasteiger partial charge in [0.2, 0.25) is 0 Å². The molecule has 0 bridgehead atoms. The van der Waals surface area contributed by atoms with Crippen LogP contribution in [-0.2, 0) is 16.0 Å². The third-order valence-electron chi connectivity index (χ3n) is 4.51. The molecule has 1 aliphatic heterocycles. The highest BCUT2D eigenvalue weighted by molar-refractivity contribution is 5.92. The normalized spacial score (nSPS) is 18.0. The zero-order valence-corrected chi connectivity index (χ0v) is 14.8. The standard InChI is InChI=1S/C19H25N3O3/c1-3-14-10-18(16-6-4-5-7-17(16)20-14)22-8-9-25-15(12-22)11-21(2)13-19(23)24/h4-7,10,15H,3,8-9,11-13H2,1-2H3,(H,23,24). The number of para-hydroxylation sites is 1. The number of fused-ring (bicyclic) bond motifs is 1. The van der Waals surface area contributed by atoms with Gasteiger partial charge in [-0.1, -0.05) is 25.1 Å². The number of carboxylic acids is 1. The lowest BCUT2D eigenvalue weighted by molar-refractivity contribution is -0.138. The van der Waals surface area contributed by atoms with Crippen LogP contribution in [0.1, 0.15) is 12.6 Å². The van der Waals surface area contributed by atoms with Crippen LogP contribution in [0.2, 0.25) is 0 Å². The average Bonchev–Trinajstić information content (AvgIpc) is 2.60. The molecule has 1 aromatic heterocycles. The summed E-state index contributed by atoms with van der Waals surface area (Å²) < 4.78 is 5.86. The molecular formula is C19H25N3O3. The molecule has 2 heterocycles. The van der Waals surface area contributed by atoms with E-state index < -0.39 is 5.97 Å². The Balaban J connectivity index is 1.81. The molecule has 6 heteroatoms. The smallest absolute Gasteiger partial charge is 0.317 e. The van der Waals surface area contributed by atoms with Crippen LogP contribution < -0.4 is 4.90 Å². The Morgan fingerprint density at radius 3 is 3.00 bits per heavy atom. The number of carboxylic acid groups (broad SMARTS) is 1. The Labute approximate surface area is 148 Å². The van der Waals surface area contributed by atoms with Crippen LogP contribution in [0.15, 0.2) is 30.3 Å². The van der Waals surface area contributed by atoms with E-state index >= 15 is 0 Å². The molecule has 25 heavy (non-hydrogen) atoms. The van der Waals surface area contributed by atoms with Gasteiger partial charge in [-0.05, 0) is 25.6 Å². The van der Waals surface area contributed by atoms with Crippen molar-refractivity contribution in [3.63, 3.8) is 0 Å². The molecule has 1 N–H and O–H groups in total. The van der Waals surface area contributed by atoms with Gasteiger partial charge in [0.15, 0.2) is 0 Å². The molecule has 0 spiro atoms. The lowest BCUT2D eigenvalue weighted by Gasteiger charge is -2.36. The average molecular weight is 343 g/mol. The molecule has 1 aliphatic rings. The van der Waals surface area contributed by atoms with Crippen molar-refractivity contribution in [1.82, 2.24) is 9.88 Å². The fourth-order valence-corrected chi connectivity index (χ4v) is 3.34. The number of hydrogen-bond acceptors (Lipinski definition) is 5. The first-order valence-corrected chi connectivity index (χ1v) is 8.72. The van der Waals surface area contributed by atoms with Gasteiger partial charge in [0, 0.05) is 36.4 Å². The summed E-state index contributed by atoms with van der Waals surface area (Å²) in [4.78, 5) is 19.7. The third-order valence-corrected chi connectivity index (χ3v) is 4.51. The van der Waals surface area contributed by atoms with Gasteiger partial charge in [-0.25, -0.2) is 0 Å². The van der Waals surface area contributed by atoms with Crippen molar-refractivity contribution in [2.45, 2.75) is 19.4 Å². The number of anilines is 1. The lowest BCUT2D eigenvalue weighted by Crippen LogP contribution is -2.47. The minimum Gasteiger partial charge on any atom is -0.480 e. The number of carbonyl (C=O) groups is 1. The number of likely N-dealkylation sites (N-methyl/N-ethyl adjacent to an activating group) is 1. The zero-order chi connectivity index (χ0) is 17.8. The fourth-order valence-electron chi connectivity index (χ4n) is 3.34. The molecule has 1 fully saturated rings. The van der Waals surface area contributed by atoms with E-state index in [1.807, 2.05) is 19.2 Å². The number of benzene rings is 1. The Kier molecular flexibility index (Phi) is 5.50. The lowest BCUT2D eigenvalue weighted by atomic mass is 10.1. The Hall–Kier alpha value is -2.18. The number of aryl methyl sites for hydroxylation is 1. The van der Waals surface area contributed by atoms with Gasteiger partial charge in [0.1, 0.15) is 0 Å². The van der Waals surface area contributed by atoms with Gasteiger partial charge in [-0.3, -0.25) is 14.7 Å². The SMILES string of the molecule is CCc1cc(N2CCOC(CN(C)CC(=O)O)C2)c2ccccc2n1. The first-order chi connectivity index (χ1) is 12.1. The fraction of sp³-hybridized carbons (Fsp3) is 0.474. The number of hydrogen-bond donors (Lipinski definition) is 1. The molecule has 0 radical (unpaired) electrons. The highest BCUT2D eigenvalue weighted by atomic mass is 16.5. The van der Waals surface area contributed by atoms with E-state index in [-0.39, 0.29) is 12.6 Å². The number of aromatic nitrogens is 1. The van der Waals surface area contributed by atoms with Crippen LogP contribution in [0.3, 0.4) is 0 Å². The van der Waals surface area contributed by atoms with Gasteiger partial charge in [0.05, 0.1) is 24.8 Å². The molecule has 6 nitrogen and oxygen atoms in total. The molecule has 0 aliphatic carbocycles. The maximum Gasteiger partial charge on any atom is 0.317 e. The van der Waals surface area contributed by atoms with Crippen molar-refractivity contribution < 1.29 is 14.6 Å². The first-order valence-electron chi connectivity index (χ1n) is 8.72. The summed E-state index contributed by atoms with van der Waals surface area (Å²) in [5.74, 6) is -0.817. The minimum atomic E-state index is -0.817. The van der Waals surface area contributed by atoms with Crippen molar-refractivity contribution >= 4 is 22.6 Å². The molecule has 2 aromatic rings. The maximum absolute atomic E-state index is 10.9. The number of nitrogens with zero attached hydrogens (tertiary/aromatic N) is 3. The van der Waals surface area contributed by atoms with E-state index in [0.29, 0.717) is 13.2 Å². The van der Waals surface area contributed by atoms with Crippen LogP contribution >= 0.6 is 0 Å². The van der Waals surface area contributed by atoms with Crippen molar-refractivity contribution in [1.29, 1.82) is 0 Å². The highest BCUT2D eigenvalue weighted by Gasteiger charge is 2.24. The van der Waals surface area contributed by atoms with Crippen molar-refractivity contribution in [3.8, 4) is 0 Å². The molecule has 1 aromatic carbocycles. The predicted molar refractivity (Wildman–Crippen MR) is 98.2 cm³/mol. The summed E-state index contributed by atoms with van der Waals surface area (Å²) in [6.07, 6.45) is 0.891. The maximum atomic E-state index is 10.9. The molecule has 3 rings (SSSR count). The molecular weight excluding hydrogens is 318 g/mol. The number of ether oxygens (including phenoxy) is 1. The van der Waals surface area contributed by atoms with Gasteiger partial charge >= 0.3 is 5.97 Å². The van der Waals surface area contributed by atoms with Gasteiger partial charge < -0.3 is 14.7 Å². The topological polar surface area (TPSA) is 65.9 Å². The number of rotatable bonds is 6. The summed E-state index contributed by atoms with van der Waals surface area (Å²) in [6, 6.07) is 10.4. The number of morpholine rings is 1. The molecule has 1 saturated heterocycles. The molecule has 0 amide bonds. The zero-order valence-electron chi connectivity index (χ0n) is 14.8. The molecule has 1 atom stereocenters. The Morgan fingerprint density at radius 2 is 2.24 bits per heavy atom. The largest absolute Gasteiger partial charge is 0.480 e. The Morgan fingerprint density at radius 1 is 1.44 bits per heavy atom. The van der Waals surface area contributed by atoms with Crippen molar-refractivity contribution in [2.24, 2.45) is 0 Å². The second-order valence-electron chi connectivity index (χ2n) is 6.53. The summed E-state index contributed by atoms with van der Waals surface area (Å²) in [5, 5.41) is 10.1. The quantitative estimate of drug-likeness (QED) is 0.866. The van der Waals surface area contributed by atoms with E-state index in [4.69, 9.17) is 14.8 Å². The van der Waals surface area contributed by atoms with E-state index in [2.05, 4.69) is 30.0 Å².